The molecule has 1 atom stereocenters. The van der Waals surface area contributed by atoms with Crippen molar-refractivity contribution in [3.63, 3.8) is 0 Å². The molecule has 0 aliphatic carbocycles. The fourth-order valence-electron chi connectivity index (χ4n) is 2.68. The largest absolute Gasteiger partial charge is 0.340 e. The van der Waals surface area contributed by atoms with Crippen molar-refractivity contribution in [2.24, 2.45) is 0 Å². The Bertz CT molecular complexity index is 498. The Morgan fingerprint density at radius 2 is 2.32 bits per heavy atom. The Labute approximate surface area is 112 Å². The molecule has 1 aliphatic rings. The predicted molar refractivity (Wildman–Crippen MR) is 69.4 cm³/mol. The molecule has 102 valence electrons. The third kappa shape index (κ3) is 2.84. The molecular weight excluding hydrogens is 242 g/mol. The van der Waals surface area contributed by atoms with Crippen molar-refractivity contribution in [1.82, 2.24) is 24.8 Å². The number of hydrogen-bond acceptors (Lipinski definition) is 5. The Morgan fingerprint density at radius 3 is 3.00 bits per heavy atom. The van der Waals surface area contributed by atoms with Gasteiger partial charge >= 0.3 is 0 Å². The fraction of sp³-hybridized carbons (Fsp3) is 0.615. The van der Waals surface area contributed by atoms with Gasteiger partial charge in [0.2, 0.25) is 5.89 Å². The van der Waals surface area contributed by atoms with E-state index in [0.717, 1.165) is 25.5 Å². The zero-order valence-corrected chi connectivity index (χ0v) is 11.4. The average molecular weight is 261 g/mol. The van der Waals surface area contributed by atoms with Crippen molar-refractivity contribution in [2.75, 3.05) is 6.54 Å². The summed E-state index contributed by atoms with van der Waals surface area (Å²) in [6.07, 6.45) is 6.42. The summed E-state index contributed by atoms with van der Waals surface area (Å²) < 4.78 is 7.05. The van der Waals surface area contributed by atoms with Gasteiger partial charge < -0.3 is 4.52 Å². The highest BCUT2D eigenvalue weighted by Gasteiger charge is 2.26. The molecule has 6 nitrogen and oxygen atoms in total. The third-order valence-corrected chi connectivity index (χ3v) is 3.57. The molecule has 1 fully saturated rings. The van der Waals surface area contributed by atoms with E-state index in [-0.39, 0.29) is 0 Å². The average Bonchev–Trinajstić information content (AvgIpc) is 3.06. The third-order valence-electron chi connectivity index (χ3n) is 3.57. The van der Waals surface area contributed by atoms with E-state index < -0.39 is 0 Å². The first kappa shape index (κ1) is 12.3. The summed E-state index contributed by atoms with van der Waals surface area (Å²) in [7, 11) is 0. The highest BCUT2D eigenvalue weighted by molar-refractivity contribution is 5.00. The molecule has 0 aromatic carbocycles. The van der Waals surface area contributed by atoms with E-state index in [1.807, 2.05) is 17.8 Å². The summed E-state index contributed by atoms with van der Waals surface area (Å²) in [5.74, 6) is 1.41. The molecule has 2 aromatic rings. The molecule has 3 heterocycles. The van der Waals surface area contributed by atoms with E-state index in [1.165, 1.54) is 18.4 Å². The maximum atomic E-state index is 5.03. The zero-order chi connectivity index (χ0) is 13.2. The molecule has 19 heavy (non-hydrogen) atoms. The topological polar surface area (TPSA) is 60.0 Å². The first-order valence-electron chi connectivity index (χ1n) is 6.73. The van der Waals surface area contributed by atoms with Gasteiger partial charge in [-0.15, -0.1) is 0 Å². The lowest BCUT2D eigenvalue weighted by Crippen LogP contribution is -2.33. The summed E-state index contributed by atoms with van der Waals surface area (Å²) in [5.41, 5.74) is 1.21. The van der Waals surface area contributed by atoms with Crippen LogP contribution in [0.4, 0.5) is 0 Å². The highest BCUT2D eigenvalue weighted by atomic mass is 16.5. The van der Waals surface area contributed by atoms with Crippen LogP contribution in [0.3, 0.4) is 0 Å². The van der Waals surface area contributed by atoms with E-state index in [1.54, 1.807) is 0 Å². The maximum absolute atomic E-state index is 5.03. The summed E-state index contributed by atoms with van der Waals surface area (Å²) in [4.78, 5) is 6.70. The molecule has 0 saturated carbocycles. The van der Waals surface area contributed by atoms with Crippen molar-refractivity contribution >= 4 is 0 Å². The van der Waals surface area contributed by atoms with E-state index in [9.17, 15) is 0 Å². The summed E-state index contributed by atoms with van der Waals surface area (Å²) in [6.45, 7) is 6.69. The quantitative estimate of drug-likeness (QED) is 0.835. The van der Waals surface area contributed by atoms with Gasteiger partial charge in [-0.25, -0.2) is 0 Å². The number of aromatic nitrogens is 4. The van der Waals surface area contributed by atoms with Crippen LogP contribution in [0, 0.1) is 13.8 Å². The van der Waals surface area contributed by atoms with E-state index in [0.29, 0.717) is 11.9 Å². The van der Waals surface area contributed by atoms with Crippen LogP contribution in [-0.2, 0) is 13.1 Å². The molecule has 2 aromatic heterocycles. The van der Waals surface area contributed by atoms with Gasteiger partial charge in [0.15, 0.2) is 5.82 Å². The molecule has 6 heteroatoms. The lowest BCUT2D eigenvalue weighted by atomic mass is 10.2. The number of rotatable bonds is 4. The van der Waals surface area contributed by atoms with Gasteiger partial charge in [-0.3, -0.25) is 9.58 Å². The molecule has 3 rings (SSSR count). The van der Waals surface area contributed by atoms with Crippen molar-refractivity contribution in [3.05, 3.63) is 29.7 Å². The van der Waals surface area contributed by atoms with E-state index >= 15 is 0 Å². The van der Waals surface area contributed by atoms with Crippen LogP contribution in [0.25, 0.3) is 0 Å². The van der Waals surface area contributed by atoms with E-state index in [2.05, 4.69) is 33.3 Å². The first-order chi connectivity index (χ1) is 9.20. The molecule has 0 unspecified atom stereocenters. The first-order valence-corrected chi connectivity index (χ1v) is 6.73. The summed E-state index contributed by atoms with van der Waals surface area (Å²) in [5, 5.41) is 8.34. The number of likely N-dealkylation sites (tertiary alicyclic amines) is 1. The van der Waals surface area contributed by atoms with Crippen LogP contribution in [0.5, 0.6) is 0 Å². The maximum Gasteiger partial charge on any atom is 0.223 e. The van der Waals surface area contributed by atoms with Gasteiger partial charge in [0.1, 0.15) is 0 Å². The van der Waals surface area contributed by atoms with Crippen LogP contribution < -0.4 is 0 Å². The minimum Gasteiger partial charge on any atom is -0.340 e. The Hall–Kier alpha value is -1.69. The summed E-state index contributed by atoms with van der Waals surface area (Å²) >= 11 is 0. The number of nitrogens with zero attached hydrogens (tertiary/aromatic N) is 5. The van der Waals surface area contributed by atoms with Crippen LogP contribution in [0.15, 0.2) is 16.9 Å². The zero-order valence-electron chi connectivity index (χ0n) is 11.4. The smallest absolute Gasteiger partial charge is 0.223 e. The number of hydrogen-bond donors (Lipinski definition) is 0. The second kappa shape index (κ2) is 5.13. The molecule has 0 bridgehead atoms. The van der Waals surface area contributed by atoms with E-state index in [4.69, 9.17) is 4.52 Å². The molecule has 0 spiro atoms. The van der Waals surface area contributed by atoms with Crippen LogP contribution in [0.2, 0.25) is 0 Å². The molecule has 1 aliphatic heterocycles. The second-order valence-electron chi connectivity index (χ2n) is 5.24. The number of aryl methyl sites for hydroxylation is 2. The molecule has 0 N–H and O–H groups in total. The normalized spacial score (nSPS) is 20.2. The van der Waals surface area contributed by atoms with Crippen LogP contribution in [-0.4, -0.2) is 37.4 Å². The Kier molecular flexibility index (Phi) is 3.33. The van der Waals surface area contributed by atoms with Gasteiger partial charge in [0.05, 0.1) is 19.3 Å². The lowest BCUT2D eigenvalue weighted by molar-refractivity contribution is 0.211. The summed E-state index contributed by atoms with van der Waals surface area (Å²) in [6, 6.07) is 0.512. The Morgan fingerprint density at radius 1 is 1.42 bits per heavy atom. The molecular formula is C13H19N5O. The van der Waals surface area contributed by atoms with Gasteiger partial charge in [0.25, 0.3) is 0 Å². The van der Waals surface area contributed by atoms with Crippen molar-refractivity contribution < 1.29 is 4.52 Å². The molecule has 1 saturated heterocycles. The predicted octanol–water partition coefficient (Wildman–Crippen LogP) is 1.55. The minimum absolute atomic E-state index is 0.512. The van der Waals surface area contributed by atoms with Gasteiger partial charge in [-0.2, -0.15) is 10.1 Å². The van der Waals surface area contributed by atoms with Crippen LogP contribution in [0.1, 0.15) is 30.1 Å². The van der Waals surface area contributed by atoms with Gasteiger partial charge in [0, 0.05) is 19.2 Å². The standard InChI is InChI=1S/C13H19N5O/c1-10-6-14-18(7-10)8-12-4-3-5-17(12)9-13-15-11(2)19-16-13/h6-7,12H,3-5,8-9H2,1-2H3/t12-/m1/s1. The minimum atomic E-state index is 0.512. The SMILES string of the molecule is Cc1cnn(C[C@H]2CCCN2Cc2noc(C)n2)c1. The van der Waals surface area contributed by atoms with Crippen molar-refractivity contribution in [1.29, 1.82) is 0 Å². The second-order valence-corrected chi connectivity index (χ2v) is 5.24. The van der Waals surface area contributed by atoms with Crippen molar-refractivity contribution in [2.45, 2.75) is 45.8 Å². The monoisotopic (exact) mass is 261 g/mol. The fourth-order valence-corrected chi connectivity index (χ4v) is 2.68. The van der Waals surface area contributed by atoms with Gasteiger partial charge in [-0.1, -0.05) is 5.16 Å². The van der Waals surface area contributed by atoms with Crippen LogP contribution >= 0.6 is 0 Å². The van der Waals surface area contributed by atoms with Crippen molar-refractivity contribution in [3.8, 4) is 0 Å². The highest BCUT2D eigenvalue weighted by Crippen LogP contribution is 2.20. The Balaban J connectivity index is 1.64. The molecule has 0 amide bonds. The molecule has 0 radical (unpaired) electrons. The van der Waals surface area contributed by atoms with Gasteiger partial charge in [-0.05, 0) is 31.9 Å². The lowest BCUT2D eigenvalue weighted by Gasteiger charge is -2.22.